The van der Waals surface area contributed by atoms with E-state index in [1.54, 1.807) is 60.7 Å². The molecule has 1 heterocycles. The van der Waals surface area contributed by atoms with Crippen LogP contribution < -0.4 is 19.1 Å². The molecule has 0 aliphatic carbocycles. The fraction of sp³-hybridized carbons (Fsp3) is 0.231. The molecule has 3 aromatic carbocycles. The molecule has 1 aromatic heterocycles. The van der Waals surface area contributed by atoms with Gasteiger partial charge in [0, 0.05) is 6.07 Å². The largest absolute Gasteiger partial charge is 0.493 e. The van der Waals surface area contributed by atoms with Gasteiger partial charge in [-0.05, 0) is 48.9 Å². The van der Waals surface area contributed by atoms with Gasteiger partial charge < -0.3 is 9.47 Å². The lowest BCUT2D eigenvalue weighted by Gasteiger charge is -2.22. The fourth-order valence-corrected chi connectivity index (χ4v) is 6.17. The highest BCUT2D eigenvalue weighted by Crippen LogP contribution is 2.39. The van der Waals surface area contributed by atoms with E-state index in [0.29, 0.717) is 55.2 Å². The second kappa shape index (κ2) is 11.4. The summed E-state index contributed by atoms with van der Waals surface area (Å²) in [7, 11) is -0.407. The van der Waals surface area contributed by atoms with Crippen LogP contribution >= 0.6 is 22.9 Å². The predicted octanol–water partition coefficient (Wildman–Crippen LogP) is 6.49. The van der Waals surface area contributed by atoms with E-state index in [-0.39, 0.29) is 11.7 Å². The number of hydrogen-bond acceptors (Lipinski definition) is 7. The van der Waals surface area contributed by atoms with Gasteiger partial charge in [0.05, 0.1) is 52.1 Å². The molecular weight excluding hydrogens is 534 g/mol. The number of methoxy groups -OCH3 is 2. The lowest BCUT2D eigenvalue weighted by Crippen LogP contribution is -2.26. The van der Waals surface area contributed by atoms with Crippen LogP contribution in [-0.2, 0) is 10.0 Å². The molecule has 1 N–H and O–H groups in total. The highest BCUT2D eigenvalue weighted by Gasteiger charge is 2.26. The molecular formula is C26H26ClN3O5S2. The third-order valence-electron chi connectivity index (χ3n) is 5.54. The highest BCUT2D eigenvalue weighted by atomic mass is 35.5. The number of thiazole rings is 1. The van der Waals surface area contributed by atoms with Gasteiger partial charge in [0.1, 0.15) is 0 Å². The summed E-state index contributed by atoms with van der Waals surface area (Å²) in [5, 5.41) is 0.695. The van der Waals surface area contributed by atoms with Crippen LogP contribution in [0.2, 0.25) is 5.02 Å². The molecule has 37 heavy (non-hydrogen) atoms. The van der Waals surface area contributed by atoms with E-state index in [0.717, 1.165) is 6.42 Å². The molecule has 0 spiro atoms. The number of anilines is 3. The summed E-state index contributed by atoms with van der Waals surface area (Å²) in [6.45, 7) is 1.94. The molecule has 0 bridgehead atoms. The standard InChI is InChI=1S/C26H26ClN3O5S2/c1-4-5-14-37(32,33)29-17-10-12-21-24(15-17)36-26(28-21)30(25(31)19-8-6-7-9-20(19)27)18-11-13-22(34-2)23(16-18)35-3/h6-13,15-16,29H,4-5,14H2,1-3H3. The van der Waals surface area contributed by atoms with Gasteiger partial charge in [0.2, 0.25) is 10.0 Å². The predicted molar refractivity (Wildman–Crippen MR) is 149 cm³/mol. The molecule has 0 atom stereocenters. The van der Waals surface area contributed by atoms with Crippen LogP contribution in [0, 0.1) is 0 Å². The number of nitrogens with zero attached hydrogens (tertiary/aromatic N) is 2. The molecule has 0 aliphatic rings. The molecule has 0 radical (unpaired) electrons. The first-order valence-corrected chi connectivity index (χ1v) is 14.3. The highest BCUT2D eigenvalue weighted by molar-refractivity contribution is 7.92. The Balaban J connectivity index is 1.79. The van der Waals surface area contributed by atoms with Crippen molar-refractivity contribution < 1.29 is 22.7 Å². The number of sulfonamides is 1. The Morgan fingerprint density at radius 3 is 2.51 bits per heavy atom. The number of unbranched alkanes of at least 4 members (excludes halogenated alkanes) is 1. The Kier molecular flexibility index (Phi) is 8.21. The van der Waals surface area contributed by atoms with E-state index < -0.39 is 10.0 Å². The van der Waals surface area contributed by atoms with Crippen molar-refractivity contribution in [1.29, 1.82) is 0 Å². The van der Waals surface area contributed by atoms with Crippen LogP contribution in [0.25, 0.3) is 10.2 Å². The van der Waals surface area contributed by atoms with Gasteiger partial charge in [0.25, 0.3) is 5.91 Å². The van der Waals surface area contributed by atoms with Crippen molar-refractivity contribution in [3.05, 3.63) is 71.2 Å². The number of aromatic nitrogens is 1. The van der Waals surface area contributed by atoms with Crippen molar-refractivity contribution in [2.24, 2.45) is 0 Å². The maximum absolute atomic E-state index is 13.8. The Hall–Kier alpha value is -3.34. The van der Waals surface area contributed by atoms with Gasteiger partial charge in [-0.1, -0.05) is 48.4 Å². The van der Waals surface area contributed by atoms with E-state index in [9.17, 15) is 13.2 Å². The smallest absolute Gasteiger partial charge is 0.266 e. The summed E-state index contributed by atoms with van der Waals surface area (Å²) < 4.78 is 38.9. The Morgan fingerprint density at radius 2 is 1.81 bits per heavy atom. The summed E-state index contributed by atoms with van der Waals surface area (Å²) in [6.07, 6.45) is 1.36. The zero-order valence-corrected chi connectivity index (χ0v) is 22.9. The minimum absolute atomic E-state index is 0.0505. The van der Waals surface area contributed by atoms with Gasteiger partial charge in [0.15, 0.2) is 16.6 Å². The number of nitrogens with one attached hydrogen (secondary N) is 1. The van der Waals surface area contributed by atoms with Crippen molar-refractivity contribution in [3.63, 3.8) is 0 Å². The van der Waals surface area contributed by atoms with Crippen molar-refractivity contribution in [3.8, 4) is 11.5 Å². The van der Waals surface area contributed by atoms with Gasteiger partial charge in [-0.25, -0.2) is 13.4 Å². The SMILES string of the molecule is CCCCS(=O)(=O)Nc1ccc2nc(N(C(=O)c3ccccc3Cl)c3ccc(OC)c(OC)c3)sc2c1. The summed E-state index contributed by atoms with van der Waals surface area (Å²) in [4.78, 5) is 19.9. The first-order chi connectivity index (χ1) is 17.8. The summed E-state index contributed by atoms with van der Waals surface area (Å²) in [5.74, 6) is 0.634. The number of carbonyl (C=O) groups is 1. The summed E-state index contributed by atoms with van der Waals surface area (Å²) in [5.41, 5.74) is 1.87. The molecule has 0 saturated heterocycles. The zero-order chi connectivity index (χ0) is 26.6. The molecule has 194 valence electrons. The number of rotatable bonds is 10. The lowest BCUT2D eigenvalue weighted by atomic mass is 10.1. The van der Waals surface area contributed by atoms with Crippen LogP contribution in [0.3, 0.4) is 0 Å². The molecule has 0 unspecified atom stereocenters. The van der Waals surface area contributed by atoms with Crippen LogP contribution in [0.1, 0.15) is 30.1 Å². The first kappa shape index (κ1) is 26.7. The molecule has 0 fully saturated rings. The average molecular weight is 560 g/mol. The topological polar surface area (TPSA) is 97.8 Å². The first-order valence-electron chi connectivity index (χ1n) is 11.5. The number of hydrogen-bond donors (Lipinski definition) is 1. The average Bonchev–Trinajstić information content (AvgIpc) is 3.30. The van der Waals surface area contributed by atoms with Gasteiger partial charge in [-0.15, -0.1) is 0 Å². The molecule has 1 amide bonds. The number of ether oxygens (including phenoxy) is 2. The molecule has 4 aromatic rings. The van der Waals surface area contributed by atoms with Crippen LogP contribution in [0.15, 0.2) is 60.7 Å². The van der Waals surface area contributed by atoms with E-state index in [1.165, 1.54) is 30.5 Å². The normalized spacial score (nSPS) is 11.4. The minimum atomic E-state index is -3.46. The van der Waals surface area contributed by atoms with Gasteiger partial charge in [-0.2, -0.15) is 0 Å². The minimum Gasteiger partial charge on any atom is -0.493 e. The van der Waals surface area contributed by atoms with E-state index >= 15 is 0 Å². The van der Waals surface area contributed by atoms with E-state index in [4.69, 9.17) is 21.1 Å². The monoisotopic (exact) mass is 559 g/mol. The number of halogens is 1. The molecule has 11 heteroatoms. The third-order valence-corrected chi connectivity index (χ3v) is 8.25. The van der Waals surface area contributed by atoms with Crippen molar-refractivity contribution >= 4 is 65.6 Å². The van der Waals surface area contributed by atoms with E-state index in [2.05, 4.69) is 9.71 Å². The Bertz CT molecular complexity index is 1540. The molecule has 8 nitrogen and oxygen atoms in total. The number of fused-ring (bicyclic) bond motifs is 1. The zero-order valence-electron chi connectivity index (χ0n) is 20.5. The maximum atomic E-state index is 13.8. The Morgan fingerprint density at radius 1 is 1.05 bits per heavy atom. The van der Waals surface area contributed by atoms with Crippen LogP contribution in [-0.4, -0.2) is 39.3 Å². The summed E-state index contributed by atoms with van der Waals surface area (Å²) >= 11 is 7.62. The summed E-state index contributed by atoms with van der Waals surface area (Å²) in [6, 6.07) is 17.0. The lowest BCUT2D eigenvalue weighted by molar-refractivity contribution is 0.0999. The number of carbonyl (C=O) groups excluding carboxylic acids is 1. The molecule has 0 aliphatic heterocycles. The van der Waals surface area contributed by atoms with Crippen molar-refractivity contribution in [2.75, 3.05) is 29.6 Å². The molecule has 4 rings (SSSR count). The second-order valence-electron chi connectivity index (χ2n) is 8.11. The van der Waals surface area contributed by atoms with Crippen LogP contribution in [0.4, 0.5) is 16.5 Å². The van der Waals surface area contributed by atoms with E-state index in [1.807, 2.05) is 6.92 Å². The van der Waals surface area contributed by atoms with Crippen molar-refractivity contribution in [1.82, 2.24) is 4.98 Å². The van der Waals surface area contributed by atoms with Gasteiger partial charge >= 0.3 is 0 Å². The number of benzene rings is 3. The quantitative estimate of drug-likeness (QED) is 0.238. The molecule has 0 saturated carbocycles. The fourth-order valence-electron chi connectivity index (χ4n) is 3.67. The van der Waals surface area contributed by atoms with Crippen molar-refractivity contribution in [2.45, 2.75) is 19.8 Å². The number of amides is 1. The Labute approximate surface area is 224 Å². The second-order valence-corrected chi connectivity index (χ2v) is 11.4. The van der Waals surface area contributed by atoms with Gasteiger partial charge in [-0.3, -0.25) is 14.4 Å². The van der Waals surface area contributed by atoms with Crippen LogP contribution in [0.5, 0.6) is 11.5 Å². The third kappa shape index (κ3) is 5.98. The maximum Gasteiger partial charge on any atom is 0.266 e.